The zero-order valence-electron chi connectivity index (χ0n) is 21.3. The first-order valence-corrected chi connectivity index (χ1v) is 12.8. The van der Waals surface area contributed by atoms with E-state index in [1.807, 2.05) is 37.3 Å². The summed E-state index contributed by atoms with van der Waals surface area (Å²) in [6, 6.07) is 5.66. The van der Waals surface area contributed by atoms with Crippen LogP contribution in [0.4, 0.5) is 0 Å². The maximum atomic E-state index is 13.3. The summed E-state index contributed by atoms with van der Waals surface area (Å²) in [5, 5.41) is 15.0. The lowest BCUT2D eigenvalue weighted by atomic mass is 9.98. The van der Waals surface area contributed by atoms with Gasteiger partial charge in [0.2, 0.25) is 17.7 Å². The normalized spacial score (nSPS) is 18.7. The summed E-state index contributed by atoms with van der Waals surface area (Å²) in [5.74, 6) is -2.71. The van der Waals surface area contributed by atoms with E-state index >= 15 is 0 Å². The lowest BCUT2D eigenvalue weighted by molar-refractivity contribution is -0.144. The number of carbonyl (C=O) groups is 4. The highest BCUT2D eigenvalue weighted by atomic mass is 16.4. The van der Waals surface area contributed by atoms with Crippen molar-refractivity contribution in [3.05, 3.63) is 35.9 Å². The molecule has 0 aromatic heterocycles. The fourth-order valence-electron chi connectivity index (χ4n) is 4.41. The summed E-state index contributed by atoms with van der Waals surface area (Å²) in [7, 11) is 0. The topological polar surface area (TPSA) is 168 Å². The number of carboxylic acids is 1. The van der Waals surface area contributed by atoms with Crippen LogP contribution in [0.15, 0.2) is 30.3 Å². The minimum Gasteiger partial charge on any atom is -0.480 e. The van der Waals surface area contributed by atoms with E-state index in [9.17, 15) is 24.3 Å². The number of hydrogen-bond acceptors (Lipinski definition) is 6. The Morgan fingerprint density at radius 2 is 1.83 bits per heavy atom. The van der Waals surface area contributed by atoms with Crippen molar-refractivity contribution in [3.8, 4) is 0 Å². The Morgan fingerprint density at radius 3 is 2.44 bits per heavy atom. The van der Waals surface area contributed by atoms with E-state index in [2.05, 4.69) is 10.6 Å². The third kappa shape index (κ3) is 8.30. The molecule has 1 aliphatic heterocycles. The molecule has 36 heavy (non-hydrogen) atoms. The van der Waals surface area contributed by atoms with Crippen molar-refractivity contribution in [3.63, 3.8) is 0 Å². The Kier molecular flexibility index (Phi) is 11.8. The lowest BCUT2D eigenvalue weighted by Crippen LogP contribution is -2.57. The van der Waals surface area contributed by atoms with E-state index in [1.165, 1.54) is 4.90 Å². The predicted molar refractivity (Wildman–Crippen MR) is 137 cm³/mol. The molecule has 5 unspecified atom stereocenters. The Bertz CT molecular complexity index is 881. The van der Waals surface area contributed by atoms with Crippen molar-refractivity contribution < 1.29 is 24.3 Å². The molecule has 0 spiro atoms. The quantitative estimate of drug-likeness (QED) is 0.234. The number of aliphatic carboxylic acids is 1. The van der Waals surface area contributed by atoms with Gasteiger partial charge in [-0.05, 0) is 43.7 Å². The molecule has 1 aromatic carbocycles. The molecule has 2 rings (SSSR count). The molecule has 0 aliphatic carbocycles. The molecule has 1 fully saturated rings. The molecular weight excluding hydrogens is 462 g/mol. The second kappa shape index (κ2) is 14.5. The van der Waals surface area contributed by atoms with Crippen LogP contribution in [-0.4, -0.2) is 71.0 Å². The van der Waals surface area contributed by atoms with Crippen LogP contribution in [0, 0.1) is 5.92 Å². The Hall–Kier alpha value is -2.98. The van der Waals surface area contributed by atoms with Gasteiger partial charge < -0.3 is 32.1 Å². The summed E-state index contributed by atoms with van der Waals surface area (Å²) in [4.78, 5) is 52.7. The molecule has 1 heterocycles. The zero-order valence-corrected chi connectivity index (χ0v) is 21.3. The molecule has 0 radical (unpaired) electrons. The van der Waals surface area contributed by atoms with E-state index < -0.39 is 42.0 Å². The maximum Gasteiger partial charge on any atom is 0.326 e. The maximum absolute atomic E-state index is 13.3. The molecule has 5 atom stereocenters. The van der Waals surface area contributed by atoms with Gasteiger partial charge in [0.25, 0.3) is 0 Å². The van der Waals surface area contributed by atoms with Gasteiger partial charge >= 0.3 is 5.97 Å². The number of carbonyl (C=O) groups excluding carboxylic acids is 3. The first-order chi connectivity index (χ1) is 17.2. The van der Waals surface area contributed by atoms with Gasteiger partial charge in [0, 0.05) is 13.0 Å². The van der Waals surface area contributed by atoms with Gasteiger partial charge in [-0.15, -0.1) is 0 Å². The standard InChI is InChI=1S/C26H41N5O5/c1-3-17(2)22(26(35)36)30-23(32)20(16-18-10-5-4-6-11-18)29-24(33)21-13-9-15-31(21)25(34)19(28)12-7-8-14-27/h4-6,10-11,17,19-22H,3,7-9,12-16,27-28H2,1-2H3,(H,29,33)(H,30,32)(H,35,36). The molecule has 0 saturated carbocycles. The minimum absolute atomic E-state index is 0.185. The molecule has 0 bridgehead atoms. The van der Waals surface area contributed by atoms with Crippen molar-refractivity contribution in [2.45, 2.75) is 83.0 Å². The minimum atomic E-state index is -1.13. The zero-order chi connectivity index (χ0) is 26.7. The van der Waals surface area contributed by atoms with Crippen molar-refractivity contribution in [1.82, 2.24) is 15.5 Å². The molecule has 1 aliphatic rings. The Labute approximate surface area is 213 Å². The SMILES string of the molecule is CCC(C)C(NC(=O)C(Cc1ccccc1)NC(=O)C1CCCN1C(=O)C(N)CCCCN)C(=O)O. The van der Waals surface area contributed by atoms with E-state index in [0.717, 1.165) is 18.4 Å². The molecule has 7 N–H and O–H groups in total. The number of unbranched alkanes of at least 4 members (excludes halogenated alkanes) is 1. The van der Waals surface area contributed by atoms with Gasteiger partial charge in [-0.1, -0.05) is 57.0 Å². The monoisotopic (exact) mass is 503 g/mol. The van der Waals surface area contributed by atoms with Crippen LogP contribution in [0.25, 0.3) is 0 Å². The first kappa shape index (κ1) is 29.3. The number of amides is 3. The van der Waals surface area contributed by atoms with E-state index in [1.54, 1.807) is 6.92 Å². The van der Waals surface area contributed by atoms with E-state index in [-0.39, 0.29) is 18.2 Å². The van der Waals surface area contributed by atoms with Crippen molar-refractivity contribution in [1.29, 1.82) is 0 Å². The highest BCUT2D eigenvalue weighted by molar-refractivity contribution is 5.94. The predicted octanol–water partition coefficient (Wildman–Crippen LogP) is 0.777. The van der Waals surface area contributed by atoms with Crippen LogP contribution in [-0.2, 0) is 25.6 Å². The van der Waals surface area contributed by atoms with Crippen LogP contribution in [0.1, 0.15) is 57.9 Å². The molecule has 200 valence electrons. The second-order valence-electron chi connectivity index (χ2n) is 9.54. The van der Waals surface area contributed by atoms with E-state index in [0.29, 0.717) is 38.8 Å². The number of nitrogens with one attached hydrogen (secondary N) is 2. The van der Waals surface area contributed by atoms with Gasteiger partial charge in [-0.25, -0.2) is 4.79 Å². The van der Waals surface area contributed by atoms with Crippen molar-refractivity contribution in [2.24, 2.45) is 17.4 Å². The number of hydrogen-bond donors (Lipinski definition) is 5. The summed E-state index contributed by atoms with van der Waals surface area (Å²) in [5.41, 5.74) is 12.4. The number of nitrogens with zero attached hydrogens (tertiary/aromatic N) is 1. The van der Waals surface area contributed by atoms with Gasteiger partial charge in [0.15, 0.2) is 0 Å². The number of likely N-dealkylation sites (tertiary alicyclic amines) is 1. The van der Waals surface area contributed by atoms with Crippen LogP contribution >= 0.6 is 0 Å². The number of carboxylic acid groups (broad SMARTS) is 1. The molecule has 1 saturated heterocycles. The van der Waals surface area contributed by atoms with Gasteiger partial charge in [-0.3, -0.25) is 14.4 Å². The van der Waals surface area contributed by atoms with Crippen molar-refractivity contribution in [2.75, 3.05) is 13.1 Å². The highest BCUT2D eigenvalue weighted by Gasteiger charge is 2.38. The van der Waals surface area contributed by atoms with Crippen molar-refractivity contribution >= 4 is 23.7 Å². The second-order valence-corrected chi connectivity index (χ2v) is 9.54. The van der Waals surface area contributed by atoms with Gasteiger partial charge in [-0.2, -0.15) is 0 Å². The smallest absolute Gasteiger partial charge is 0.326 e. The fraction of sp³-hybridized carbons (Fsp3) is 0.615. The van der Waals surface area contributed by atoms with Crippen LogP contribution in [0.5, 0.6) is 0 Å². The lowest BCUT2D eigenvalue weighted by Gasteiger charge is -2.29. The highest BCUT2D eigenvalue weighted by Crippen LogP contribution is 2.20. The summed E-state index contributed by atoms with van der Waals surface area (Å²) >= 11 is 0. The van der Waals surface area contributed by atoms with Crippen LogP contribution in [0.3, 0.4) is 0 Å². The summed E-state index contributed by atoms with van der Waals surface area (Å²) in [6.07, 6.45) is 3.87. The average Bonchev–Trinajstić information content (AvgIpc) is 3.36. The van der Waals surface area contributed by atoms with Gasteiger partial charge in [0.1, 0.15) is 18.1 Å². The third-order valence-corrected chi connectivity index (χ3v) is 6.82. The van der Waals surface area contributed by atoms with Gasteiger partial charge in [0.05, 0.1) is 6.04 Å². The molecule has 3 amide bonds. The molecule has 10 heteroatoms. The number of rotatable bonds is 14. The number of benzene rings is 1. The van der Waals surface area contributed by atoms with Crippen LogP contribution in [0.2, 0.25) is 0 Å². The Morgan fingerprint density at radius 1 is 1.14 bits per heavy atom. The molecular formula is C26H41N5O5. The average molecular weight is 504 g/mol. The summed E-state index contributed by atoms with van der Waals surface area (Å²) < 4.78 is 0. The fourth-order valence-corrected chi connectivity index (χ4v) is 4.41. The Balaban J connectivity index is 2.16. The molecule has 10 nitrogen and oxygen atoms in total. The number of nitrogens with two attached hydrogens (primary N) is 2. The molecule has 1 aromatic rings. The first-order valence-electron chi connectivity index (χ1n) is 12.8. The van der Waals surface area contributed by atoms with Crippen LogP contribution < -0.4 is 22.1 Å². The van der Waals surface area contributed by atoms with E-state index in [4.69, 9.17) is 11.5 Å². The third-order valence-electron chi connectivity index (χ3n) is 6.82. The summed E-state index contributed by atoms with van der Waals surface area (Å²) in [6.45, 7) is 4.55. The largest absolute Gasteiger partial charge is 0.480 e.